The summed E-state index contributed by atoms with van der Waals surface area (Å²) < 4.78 is 26.6. The maximum Gasteiger partial charge on any atom is 0.270 e. The predicted molar refractivity (Wildman–Crippen MR) is 93.6 cm³/mol. The van der Waals surface area contributed by atoms with Gasteiger partial charge >= 0.3 is 0 Å². The molecule has 0 aromatic heterocycles. The number of phenols is 1. The largest absolute Gasteiger partial charge is 0.507 e. The topological polar surface area (TPSA) is 122 Å². The molecule has 0 heterocycles. The van der Waals surface area contributed by atoms with E-state index < -0.39 is 14.9 Å². The van der Waals surface area contributed by atoms with Crippen LogP contribution in [0.4, 0.5) is 5.69 Å². The summed E-state index contributed by atoms with van der Waals surface area (Å²) in [7, 11) is -3.61. The molecule has 25 heavy (non-hydrogen) atoms. The van der Waals surface area contributed by atoms with Crippen molar-refractivity contribution in [1.82, 2.24) is 4.72 Å². The Balaban J connectivity index is 1.94. The van der Waals surface area contributed by atoms with Gasteiger partial charge < -0.3 is 5.11 Å². The fourth-order valence-corrected chi connectivity index (χ4v) is 2.99. The summed E-state index contributed by atoms with van der Waals surface area (Å²) in [5.41, 5.74) is 0.982. The number of rotatable bonds is 7. The summed E-state index contributed by atoms with van der Waals surface area (Å²) >= 11 is 0. The summed E-state index contributed by atoms with van der Waals surface area (Å²) in [5, 5.41) is 20.4. The fourth-order valence-electron chi connectivity index (χ4n) is 1.97. The maximum atomic E-state index is 12.1. The van der Waals surface area contributed by atoms with E-state index in [2.05, 4.69) is 9.71 Å². The summed E-state index contributed by atoms with van der Waals surface area (Å²) in [4.78, 5) is 14.3. The van der Waals surface area contributed by atoms with Crippen molar-refractivity contribution in [3.63, 3.8) is 0 Å². The lowest BCUT2D eigenvalue weighted by Gasteiger charge is -2.05. The number of hydrogen-bond donors (Lipinski definition) is 2. The van der Waals surface area contributed by atoms with Crippen LogP contribution in [0.1, 0.15) is 11.1 Å². The highest BCUT2D eigenvalue weighted by atomic mass is 32.2. The number of nitro groups is 1. The third kappa shape index (κ3) is 5.10. The zero-order valence-electron chi connectivity index (χ0n) is 13.4. The summed E-state index contributed by atoms with van der Waals surface area (Å²) in [5.74, 6) is -0.144. The van der Waals surface area contributed by atoms with Gasteiger partial charge in [-0.15, -0.1) is 0 Å². The Morgan fingerprint density at radius 1 is 1.24 bits per heavy atom. The molecule has 0 saturated heterocycles. The lowest BCUT2D eigenvalue weighted by Crippen LogP contribution is -2.26. The molecule has 0 radical (unpaired) electrons. The fraction of sp³-hybridized carbons (Fsp3) is 0.188. The van der Waals surface area contributed by atoms with Crippen molar-refractivity contribution in [3.05, 3.63) is 63.7 Å². The van der Waals surface area contributed by atoms with Crippen LogP contribution >= 0.6 is 0 Å². The zero-order chi connectivity index (χ0) is 18.4. The highest BCUT2D eigenvalue weighted by Gasteiger charge is 2.12. The Hall–Kier alpha value is -2.78. The van der Waals surface area contributed by atoms with Crippen LogP contribution < -0.4 is 4.72 Å². The first-order valence-corrected chi connectivity index (χ1v) is 8.81. The first kappa shape index (κ1) is 18.6. The minimum atomic E-state index is -3.61. The predicted octanol–water partition coefficient (Wildman–Crippen LogP) is 2.01. The van der Waals surface area contributed by atoms with Crippen molar-refractivity contribution in [2.24, 2.45) is 4.99 Å². The van der Waals surface area contributed by atoms with E-state index in [9.17, 15) is 23.6 Å². The van der Waals surface area contributed by atoms with Gasteiger partial charge in [0.15, 0.2) is 0 Å². The maximum absolute atomic E-state index is 12.1. The van der Waals surface area contributed by atoms with Gasteiger partial charge in [0.1, 0.15) is 5.75 Å². The lowest BCUT2D eigenvalue weighted by atomic mass is 10.2. The molecule has 0 saturated carbocycles. The van der Waals surface area contributed by atoms with Crippen molar-refractivity contribution in [2.45, 2.75) is 11.8 Å². The van der Waals surface area contributed by atoms with Crippen molar-refractivity contribution >= 4 is 21.9 Å². The molecule has 0 fully saturated rings. The van der Waals surface area contributed by atoms with Crippen LogP contribution in [0.2, 0.25) is 0 Å². The monoisotopic (exact) mass is 363 g/mol. The van der Waals surface area contributed by atoms with Crippen LogP contribution in [-0.4, -0.2) is 37.8 Å². The van der Waals surface area contributed by atoms with Crippen LogP contribution in [0.5, 0.6) is 5.75 Å². The van der Waals surface area contributed by atoms with E-state index in [-0.39, 0.29) is 35.0 Å². The number of nitro benzene ring substituents is 1. The highest BCUT2D eigenvalue weighted by Crippen LogP contribution is 2.21. The molecule has 8 nitrogen and oxygen atoms in total. The average Bonchev–Trinajstić information content (AvgIpc) is 2.56. The van der Waals surface area contributed by atoms with Gasteiger partial charge in [0.25, 0.3) is 5.69 Å². The molecular formula is C16H17N3O5S. The average molecular weight is 363 g/mol. The number of sulfonamides is 1. The first-order chi connectivity index (χ1) is 11.8. The van der Waals surface area contributed by atoms with E-state index >= 15 is 0 Å². The second kappa shape index (κ2) is 7.86. The van der Waals surface area contributed by atoms with E-state index in [4.69, 9.17) is 0 Å². The van der Waals surface area contributed by atoms with Crippen LogP contribution in [0, 0.1) is 17.0 Å². The third-order valence-corrected chi connectivity index (χ3v) is 4.79. The quantitative estimate of drug-likeness (QED) is 0.337. The number of benzene rings is 2. The molecule has 0 amide bonds. The van der Waals surface area contributed by atoms with Crippen LogP contribution in [-0.2, 0) is 10.0 Å². The second-order valence-electron chi connectivity index (χ2n) is 5.25. The Morgan fingerprint density at radius 2 is 1.92 bits per heavy atom. The van der Waals surface area contributed by atoms with Crippen LogP contribution in [0.25, 0.3) is 0 Å². The molecule has 0 atom stereocenters. The third-order valence-electron chi connectivity index (χ3n) is 3.32. The normalized spacial score (nSPS) is 11.7. The number of nitrogens with one attached hydrogen (secondary N) is 1. The molecule has 0 aliphatic heterocycles. The van der Waals surface area contributed by atoms with Crippen molar-refractivity contribution in [1.29, 1.82) is 0 Å². The van der Waals surface area contributed by atoms with Crippen molar-refractivity contribution in [3.8, 4) is 5.75 Å². The van der Waals surface area contributed by atoms with Gasteiger partial charge in [0.2, 0.25) is 10.0 Å². The van der Waals surface area contributed by atoms with E-state index in [0.717, 1.165) is 5.56 Å². The van der Waals surface area contributed by atoms with Crippen molar-refractivity contribution < 1.29 is 18.4 Å². The van der Waals surface area contributed by atoms with Gasteiger partial charge in [0, 0.05) is 30.5 Å². The molecule has 0 aliphatic rings. The number of hydrogen-bond acceptors (Lipinski definition) is 6. The molecule has 0 aliphatic carbocycles. The Labute approximate surface area is 145 Å². The summed E-state index contributed by atoms with van der Waals surface area (Å²) in [6, 6.07) is 10.0. The summed E-state index contributed by atoms with van der Waals surface area (Å²) in [6.07, 6.45) is 1.27. The van der Waals surface area contributed by atoms with E-state index in [0.29, 0.717) is 0 Å². The number of nitrogens with zero attached hydrogens (tertiary/aromatic N) is 2. The van der Waals surface area contributed by atoms with Gasteiger partial charge in [-0.1, -0.05) is 17.7 Å². The molecule has 2 N–H and O–H groups in total. The van der Waals surface area contributed by atoms with E-state index in [1.54, 1.807) is 12.1 Å². The molecular weight excluding hydrogens is 346 g/mol. The van der Waals surface area contributed by atoms with Gasteiger partial charge in [-0.2, -0.15) is 0 Å². The van der Waals surface area contributed by atoms with Crippen LogP contribution in [0.15, 0.2) is 52.4 Å². The number of aryl methyl sites for hydroxylation is 1. The van der Waals surface area contributed by atoms with Crippen molar-refractivity contribution in [2.75, 3.05) is 13.1 Å². The SMILES string of the molecule is Cc1ccc(S(=O)(=O)NCCN=Cc2cc([N+](=O)[O-])ccc2O)cc1. The van der Waals surface area contributed by atoms with Crippen LogP contribution in [0.3, 0.4) is 0 Å². The minimum Gasteiger partial charge on any atom is -0.507 e. The Bertz CT molecular complexity index is 892. The highest BCUT2D eigenvalue weighted by molar-refractivity contribution is 7.89. The van der Waals surface area contributed by atoms with E-state index in [1.807, 2.05) is 6.92 Å². The number of phenolic OH excluding ortho intramolecular Hbond substituents is 1. The Morgan fingerprint density at radius 3 is 2.56 bits per heavy atom. The molecule has 0 spiro atoms. The molecule has 2 rings (SSSR count). The molecule has 0 bridgehead atoms. The molecule has 2 aromatic rings. The number of aliphatic imine (C=N–C) groups is 1. The molecule has 132 valence electrons. The number of aromatic hydroxyl groups is 1. The van der Waals surface area contributed by atoms with E-state index in [1.165, 1.54) is 36.5 Å². The Kier molecular flexibility index (Phi) is 5.84. The standard InChI is InChI=1S/C16H17N3O5S/c1-12-2-5-15(6-3-12)25(23,24)18-9-8-17-11-13-10-14(19(21)22)4-7-16(13)20/h2-7,10-11,18,20H,8-9H2,1H3. The molecule has 0 unspecified atom stereocenters. The number of non-ortho nitro benzene ring substituents is 1. The molecule has 2 aromatic carbocycles. The zero-order valence-corrected chi connectivity index (χ0v) is 14.2. The minimum absolute atomic E-state index is 0.0579. The second-order valence-corrected chi connectivity index (χ2v) is 7.01. The summed E-state index contributed by atoms with van der Waals surface area (Å²) in [6.45, 7) is 2.04. The molecule has 9 heteroatoms. The van der Waals surface area contributed by atoms with Gasteiger partial charge in [-0.25, -0.2) is 13.1 Å². The lowest BCUT2D eigenvalue weighted by molar-refractivity contribution is -0.384. The first-order valence-electron chi connectivity index (χ1n) is 7.33. The van der Waals surface area contributed by atoms with Gasteiger partial charge in [0.05, 0.1) is 16.4 Å². The smallest absolute Gasteiger partial charge is 0.270 e. The van der Waals surface area contributed by atoms with Gasteiger partial charge in [-0.3, -0.25) is 15.1 Å². The van der Waals surface area contributed by atoms with Gasteiger partial charge in [-0.05, 0) is 25.1 Å².